The van der Waals surface area contributed by atoms with E-state index in [0.717, 1.165) is 53.7 Å². The highest BCUT2D eigenvalue weighted by Gasteiger charge is 2.26. The highest BCUT2D eigenvalue weighted by atomic mass is 32.2. The number of piperidine rings is 1. The summed E-state index contributed by atoms with van der Waals surface area (Å²) in [7, 11) is 0. The average molecular weight is 500 g/mol. The van der Waals surface area contributed by atoms with Crippen molar-refractivity contribution in [1.82, 2.24) is 29.3 Å². The van der Waals surface area contributed by atoms with Crippen LogP contribution < -0.4 is 5.73 Å². The first-order valence-corrected chi connectivity index (χ1v) is 11.9. The van der Waals surface area contributed by atoms with E-state index < -0.39 is 18.2 Å². The third kappa shape index (κ3) is 4.34. The molecule has 3 N–H and O–H groups in total. The van der Waals surface area contributed by atoms with Gasteiger partial charge in [0, 0.05) is 47.1 Å². The van der Waals surface area contributed by atoms with Crippen molar-refractivity contribution >= 4 is 28.9 Å². The molecule has 1 aliphatic rings. The molecule has 12 heteroatoms. The van der Waals surface area contributed by atoms with E-state index in [1.807, 2.05) is 23.9 Å². The van der Waals surface area contributed by atoms with Gasteiger partial charge in [-0.15, -0.1) is 0 Å². The Morgan fingerprint density at radius 2 is 1.97 bits per heavy atom. The van der Waals surface area contributed by atoms with Gasteiger partial charge in [0.1, 0.15) is 23.0 Å². The molecule has 5 rings (SSSR count). The maximum absolute atomic E-state index is 14.3. The van der Waals surface area contributed by atoms with Crippen molar-refractivity contribution in [2.75, 3.05) is 25.4 Å². The lowest BCUT2D eigenvalue weighted by Crippen LogP contribution is -2.40. The Morgan fingerprint density at radius 3 is 2.69 bits per heavy atom. The van der Waals surface area contributed by atoms with E-state index >= 15 is 0 Å². The van der Waals surface area contributed by atoms with Crippen LogP contribution in [0, 0.1) is 18.6 Å². The minimum atomic E-state index is -0.758. The molecule has 9 nitrogen and oxygen atoms in total. The molecule has 0 radical (unpaired) electrons. The van der Waals surface area contributed by atoms with Gasteiger partial charge in [-0.1, -0.05) is 11.8 Å². The number of nitrogens with zero attached hydrogens (tertiary/aromatic N) is 6. The lowest BCUT2D eigenvalue weighted by Gasteiger charge is -2.32. The first-order chi connectivity index (χ1) is 16.9. The monoisotopic (exact) mass is 499 g/mol. The Labute approximate surface area is 203 Å². The molecule has 1 fully saturated rings. The largest absolute Gasteiger partial charge is 0.396 e. The summed E-state index contributed by atoms with van der Waals surface area (Å²) in [5.41, 5.74) is 9.79. The third-order valence-corrected chi connectivity index (χ3v) is 7.26. The smallest absolute Gasteiger partial charge is 0.248 e. The summed E-state index contributed by atoms with van der Waals surface area (Å²) in [4.78, 5) is 17.9. The van der Waals surface area contributed by atoms with Gasteiger partial charge in [0.2, 0.25) is 5.91 Å². The Morgan fingerprint density at radius 1 is 1.20 bits per heavy atom. The number of aliphatic hydroxyl groups is 1. The number of nitrogens with two attached hydrogens (primary N) is 1. The number of hydrogen-bond acceptors (Lipinski definition) is 7. The number of pyridine rings is 2. The van der Waals surface area contributed by atoms with Gasteiger partial charge in [0.05, 0.1) is 30.3 Å². The predicted molar refractivity (Wildman–Crippen MR) is 126 cm³/mol. The lowest BCUT2D eigenvalue weighted by atomic mass is 10.0. The fraction of sp³-hybridized carbons (Fsp3) is 0.304. The third-order valence-electron chi connectivity index (χ3n) is 6.24. The second kappa shape index (κ2) is 9.27. The number of anilines is 1. The Bertz CT molecular complexity index is 1410. The summed E-state index contributed by atoms with van der Waals surface area (Å²) < 4.78 is 31.3. The van der Waals surface area contributed by atoms with E-state index in [2.05, 4.69) is 15.2 Å². The number of carbonyl (C=O) groups is 1. The zero-order valence-corrected chi connectivity index (χ0v) is 19.7. The summed E-state index contributed by atoms with van der Waals surface area (Å²) in [5, 5.41) is 18.1. The molecule has 0 aromatic carbocycles. The van der Waals surface area contributed by atoms with Gasteiger partial charge >= 0.3 is 0 Å². The van der Waals surface area contributed by atoms with Crippen LogP contribution in [-0.2, 0) is 4.79 Å². The number of fused-ring (bicyclic) bond motifs is 1. The number of rotatable bonds is 5. The molecule has 0 spiro atoms. The van der Waals surface area contributed by atoms with Crippen LogP contribution in [0.15, 0.2) is 46.8 Å². The highest BCUT2D eigenvalue weighted by molar-refractivity contribution is 7.99. The number of aliphatic hydroxyl groups excluding tert-OH is 1. The second-order valence-corrected chi connectivity index (χ2v) is 9.42. The van der Waals surface area contributed by atoms with Crippen molar-refractivity contribution in [2.45, 2.75) is 35.7 Å². The van der Waals surface area contributed by atoms with Crippen LogP contribution in [-0.4, -0.2) is 60.0 Å². The summed E-state index contributed by atoms with van der Waals surface area (Å²) in [6.07, 6.45) is 7.58. The number of likely N-dealkylation sites (tertiary alicyclic amines) is 1. The normalized spacial score (nSPS) is 14.7. The van der Waals surface area contributed by atoms with Crippen LogP contribution in [0.2, 0.25) is 0 Å². The van der Waals surface area contributed by atoms with Crippen LogP contribution in [0.4, 0.5) is 14.5 Å². The molecule has 0 aliphatic carbocycles. The zero-order valence-electron chi connectivity index (χ0n) is 18.9. The zero-order chi connectivity index (χ0) is 24.7. The van der Waals surface area contributed by atoms with E-state index in [1.54, 1.807) is 15.6 Å². The van der Waals surface area contributed by atoms with E-state index in [-0.39, 0.29) is 17.0 Å². The molecule has 0 atom stereocenters. The van der Waals surface area contributed by atoms with Crippen molar-refractivity contribution in [3.8, 4) is 11.1 Å². The van der Waals surface area contributed by atoms with Gasteiger partial charge in [-0.3, -0.25) is 9.48 Å². The minimum absolute atomic E-state index is 0.0302. The number of hydrogen-bond donors (Lipinski definition) is 2. The van der Waals surface area contributed by atoms with Crippen molar-refractivity contribution in [3.63, 3.8) is 0 Å². The predicted octanol–water partition coefficient (Wildman–Crippen LogP) is 3.07. The number of amides is 1. The Balaban J connectivity index is 1.48. The molecule has 4 aromatic heterocycles. The van der Waals surface area contributed by atoms with Crippen molar-refractivity contribution in [3.05, 3.63) is 54.2 Å². The molecule has 182 valence electrons. The molecule has 0 bridgehead atoms. The number of halogens is 2. The van der Waals surface area contributed by atoms with Gasteiger partial charge in [-0.05, 0) is 25.8 Å². The minimum Gasteiger partial charge on any atom is -0.396 e. The SMILES string of the molecule is Cc1c(-c2cc(Sc3ncc(F)cc3F)c3c(N)cnn3c2)cnn1C1CCN(C(=O)CO)CC1. The first kappa shape index (κ1) is 23.2. The van der Waals surface area contributed by atoms with E-state index in [4.69, 9.17) is 10.8 Å². The van der Waals surface area contributed by atoms with Crippen LogP contribution in [0.3, 0.4) is 0 Å². The molecule has 4 aromatic rings. The maximum atomic E-state index is 14.3. The maximum Gasteiger partial charge on any atom is 0.248 e. The Kier molecular flexibility index (Phi) is 6.15. The van der Waals surface area contributed by atoms with Gasteiger partial charge < -0.3 is 15.7 Å². The summed E-state index contributed by atoms with van der Waals surface area (Å²) in [6, 6.07) is 2.80. The van der Waals surface area contributed by atoms with E-state index in [0.29, 0.717) is 29.2 Å². The molecule has 0 saturated carbocycles. The first-order valence-electron chi connectivity index (χ1n) is 11.0. The summed E-state index contributed by atoms with van der Waals surface area (Å²) in [5.74, 6) is -1.76. The quantitative estimate of drug-likeness (QED) is 0.434. The van der Waals surface area contributed by atoms with Gasteiger partial charge in [-0.25, -0.2) is 18.3 Å². The topological polar surface area (TPSA) is 115 Å². The van der Waals surface area contributed by atoms with Gasteiger partial charge in [0.15, 0.2) is 5.82 Å². The highest BCUT2D eigenvalue weighted by Crippen LogP contribution is 2.38. The van der Waals surface area contributed by atoms with Crippen LogP contribution in [0.25, 0.3) is 16.6 Å². The molecule has 5 heterocycles. The molecule has 1 amide bonds. The van der Waals surface area contributed by atoms with Crippen LogP contribution in [0.1, 0.15) is 24.6 Å². The van der Waals surface area contributed by atoms with Crippen molar-refractivity contribution in [1.29, 1.82) is 0 Å². The molecule has 0 unspecified atom stereocenters. The number of nitrogen functional groups attached to an aromatic ring is 1. The van der Waals surface area contributed by atoms with Crippen LogP contribution in [0.5, 0.6) is 0 Å². The number of carbonyl (C=O) groups excluding carboxylic acids is 1. The van der Waals surface area contributed by atoms with Crippen molar-refractivity contribution < 1.29 is 18.7 Å². The van der Waals surface area contributed by atoms with E-state index in [9.17, 15) is 13.6 Å². The Hall–Kier alpha value is -3.51. The summed E-state index contributed by atoms with van der Waals surface area (Å²) in [6.45, 7) is 2.62. The molecule has 1 saturated heterocycles. The van der Waals surface area contributed by atoms with Gasteiger partial charge in [0.25, 0.3) is 0 Å². The van der Waals surface area contributed by atoms with Crippen molar-refractivity contribution in [2.24, 2.45) is 0 Å². The average Bonchev–Trinajstić information content (AvgIpc) is 3.43. The van der Waals surface area contributed by atoms with Gasteiger partial charge in [-0.2, -0.15) is 10.2 Å². The van der Waals surface area contributed by atoms with E-state index in [1.165, 1.54) is 6.20 Å². The lowest BCUT2D eigenvalue weighted by molar-refractivity contribution is -0.135. The molecule has 1 aliphatic heterocycles. The fourth-order valence-electron chi connectivity index (χ4n) is 4.45. The number of aromatic nitrogens is 5. The molecular weight excluding hydrogens is 476 g/mol. The second-order valence-electron chi connectivity index (χ2n) is 8.39. The molecular formula is C23H23F2N7O2S. The fourth-order valence-corrected chi connectivity index (χ4v) is 5.41. The van der Waals surface area contributed by atoms with Crippen LogP contribution >= 0.6 is 11.8 Å². The standard InChI is InChI=1S/C23H23F2N7O2S/c1-13-17(9-29-32(13)16-2-4-30(5-3-16)21(34)12-33)14-6-20(22-19(26)10-28-31(22)11-14)35-23-18(25)7-15(24)8-27-23/h6-11,16,33H,2-5,12,26H2,1H3. The molecule has 35 heavy (non-hydrogen) atoms. The summed E-state index contributed by atoms with van der Waals surface area (Å²) >= 11 is 1.05.